The van der Waals surface area contributed by atoms with Crippen molar-refractivity contribution in [2.45, 2.75) is 40.2 Å². The number of nitrogens with one attached hydrogen (secondary N) is 2. The first-order chi connectivity index (χ1) is 16.0. The Morgan fingerprint density at radius 1 is 1.21 bits per heavy atom. The van der Waals surface area contributed by atoms with Crippen molar-refractivity contribution in [1.82, 2.24) is 30.7 Å². The Kier molecular flexibility index (Phi) is 8.42. The number of nitrogens with zero attached hydrogens (tertiary/aromatic N) is 6. The number of carbonyl (C=O) groups excluding carboxylic acids is 1. The fraction of sp³-hybridized carbons (Fsp3) is 0.364. The summed E-state index contributed by atoms with van der Waals surface area (Å²) in [4.78, 5) is 14.2. The predicted octanol–water partition coefficient (Wildman–Crippen LogP) is 1.26. The second kappa shape index (κ2) is 11.7. The monoisotopic (exact) mass is 452 g/mol. The van der Waals surface area contributed by atoms with E-state index in [9.17, 15) is 4.79 Å². The first kappa shape index (κ1) is 23.8. The third kappa shape index (κ3) is 6.32. The highest BCUT2D eigenvalue weighted by Crippen LogP contribution is 2.15. The van der Waals surface area contributed by atoms with Crippen molar-refractivity contribution in [3.05, 3.63) is 52.9 Å². The molecule has 4 N–H and O–H groups in total. The van der Waals surface area contributed by atoms with Crippen molar-refractivity contribution in [3.8, 4) is 5.82 Å². The fourth-order valence-electron chi connectivity index (χ4n) is 3.49. The first-order valence-corrected chi connectivity index (χ1v) is 11.0. The zero-order valence-electron chi connectivity index (χ0n) is 19.2. The predicted molar refractivity (Wildman–Crippen MR) is 125 cm³/mol. The second-order valence-corrected chi connectivity index (χ2v) is 7.69. The van der Waals surface area contributed by atoms with Gasteiger partial charge in [0.2, 0.25) is 11.6 Å². The zero-order valence-corrected chi connectivity index (χ0v) is 19.2. The van der Waals surface area contributed by atoms with E-state index in [1.807, 2.05) is 43.3 Å². The molecule has 0 aliphatic heterocycles. The minimum atomic E-state index is -0.470. The van der Waals surface area contributed by atoms with Crippen LogP contribution in [0.1, 0.15) is 55.4 Å². The van der Waals surface area contributed by atoms with Crippen LogP contribution in [0.4, 0.5) is 5.82 Å². The molecule has 0 atom stereocenters. The van der Waals surface area contributed by atoms with Gasteiger partial charge in [0.05, 0.1) is 19.3 Å². The number of rotatable bonds is 11. The normalized spacial score (nSPS) is 12.1. The number of carbonyl (C=O) groups is 1. The summed E-state index contributed by atoms with van der Waals surface area (Å²) in [6.45, 7) is 8.54. The largest absolute Gasteiger partial charge is 0.378 e. The summed E-state index contributed by atoms with van der Waals surface area (Å²) in [5.74, 6) is -0.197. The lowest BCUT2D eigenvalue weighted by atomic mass is 10.1. The van der Waals surface area contributed by atoms with E-state index in [0.29, 0.717) is 12.2 Å². The van der Waals surface area contributed by atoms with Crippen molar-refractivity contribution in [2.24, 2.45) is 5.10 Å². The van der Waals surface area contributed by atoms with Crippen LogP contribution in [-0.2, 0) is 6.54 Å². The summed E-state index contributed by atoms with van der Waals surface area (Å²) in [5.41, 5.74) is 11.1. The van der Waals surface area contributed by atoms with E-state index in [2.05, 4.69) is 45.0 Å². The highest BCUT2D eigenvalue weighted by molar-refractivity contribution is 5.94. The minimum absolute atomic E-state index is 0.0698. The van der Waals surface area contributed by atoms with Crippen molar-refractivity contribution < 1.29 is 14.3 Å². The summed E-state index contributed by atoms with van der Waals surface area (Å²) in [6, 6.07) is 9.86. The SMILES string of the molecule is CCC[NH+](CCC)Cc1c(C(=O)NN=CC(C)=Cc2ccccc2)nnn1-c1nonc1N. The molecule has 11 heteroatoms. The number of allylic oxidation sites excluding steroid dienone is 1. The Morgan fingerprint density at radius 3 is 2.58 bits per heavy atom. The zero-order chi connectivity index (χ0) is 23.6. The summed E-state index contributed by atoms with van der Waals surface area (Å²) >= 11 is 0. The molecule has 0 bridgehead atoms. The Hall–Kier alpha value is -3.86. The molecule has 2 heterocycles. The Labute approximate surface area is 192 Å². The van der Waals surface area contributed by atoms with Crippen LogP contribution >= 0.6 is 0 Å². The van der Waals surface area contributed by atoms with Gasteiger partial charge >= 0.3 is 0 Å². The molecule has 1 aromatic carbocycles. The fourth-order valence-corrected chi connectivity index (χ4v) is 3.49. The van der Waals surface area contributed by atoms with E-state index in [0.717, 1.165) is 37.1 Å². The van der Waals surface area contributed by atoms with Crippen molar-refractivity contribution >= 4 is 24.0 Å². The van der Waals surface area contributed by atoms with Crippen molar-refractivity contribution in [1.29, 1.82) is 0 Å². The maximum Gasteiger partial charge on any atom is 0.294 e. The van der Waals surface area contributed by atoms with E-state index < -0.39 is 5.91 Å². The molecule has 0 fully saturated rings. The Balaban J connectivity index is 1.82. The van der Waals surface area contributed by atoms with Gasteiger partial charge in [0, 0.05) is 0 Å². The molecule has 3 rings (SSSR count). The number of aromatic nitrogens is 5. The van der Waals surface area contributed by atoms with Crippen LogP contribution in [-0.4, -0.2) is 50.5 Å². The number of quaternary nitrogens is 1. The highest BCUT2D eigenvalue weighted by atomic mass is 16.6. The number of hydrogen-bond donors (Lipinski definition) is 3. The van der Waals surface area contributed by atoms with Gasteiger partial charge < -0.3 is 10.6 Å². The van der Waals surface area contributed by atoms with E-state index in [4.69, 9.17) is 10.4 Å². The number of nitrogens with two attached hydrogens (primary N) is 1. The molecule has 3 aromatic rings. The average Bonchev–Trinajstić information content (AvgIpc) is 3.40. The van der Waals surface area contributed by atoms with Gasteiger partial charge in [0.25, 0.3) is 5.91 Å². The molecule has 0 radical (unpaired) electrons. The second-order valence-electron chi connectivity index (χ2n) is 7.69. The summed E-state index contributed by atoms with van der Waals surface area (Å²) in [6.07, 6.45) is 5.56. The topological polar surface area (TPSA) is 142 Å². The van der Waals surface area contributed by atoms with Crippen LogP contribution in [0.15, 0.2) is 45.6 Å². The van der Waals surface area contributed by atoms with Gasteiger partial charge in [-0.2, -0.15) is 9.78 Å². The molecule has 2 aromatic heterocycles. The maximum atomic E-state index is 12.9. The molecule has 0 aliphatic rings. The van der Waals surface area contributed by atoms with Gasteiger partial charge in [0.15, 0.2) is 5.69 Å². The number of amides is 1. The lowest BCUT2D eigenvalue weighted by Crippen LogP contribution is -3.10. The van der Waals surface area contributed by atoms with Gasteiger partial charge in [-0.3, -0.25) is 4.79 Å². The average molecular weight is 453 g/mol. The van der Waals surface area contributed by atoms with Crippen LogP contribution in [0, 0.1) is 0 Å². The lowest BCUT2D eigenvalue weighted by molar-refractivity contribution is -0.914. The van der Waals surface area contributed by atoms with E-state index in [-0.39, 0.29) is 17.3 Å². The van der Waals surface area contributed by atoms with Crippen LogP contribution < -0.4 is 16.1 Å². The van der Waals surface area contributed by atoms with Crippen LogP contribution in [0.2, 0.25) is 0 Å². The van der Waals surface area contributed by atoms with Gasteiger partial charge in [-0.1, -0.05) is 55.5 Å². The quantitative estimate of drug-likeness (QED) is 0.294. The lowest BCUT2D eigenvalue weighted by Gasteiger charge is -2.18. The van der Waals surface area contributed by atoms with Gasteiger partial charge in [0.1, 0.15) is 12.2 Å². The number of benzene rings is 1. The molecule has 1 amide bonds. The molecule has 0 saturated carbocycles. The molecule has 0 unspecified atom stereocenters. The minimum Gasteiger partial charge on any atom is -0.378 e. The van der Waals surface area contributed by atoms with E-state index in [1.54, 1.807) is 6.21 Å². The smallest absolute Gasteiger partial charge is 0.294 e. The van der Waals surface area contributed by atoms with E-state index >= 15 is 0 Å². The molecule has 0 spiro atoms. The molecule has 33 heavy (non-hydrogen) atoms. The summed E-state index contributed by atoms with van der Waals surface area (Å²) in [7, 11) is 0. The molecule has 174 valence electrons. The van der Waals surface area contributed by atoms with Crippen molar-refractivity contribution in [3.63, 3.8) is 0 Å². The van der Waals surface area contributed by atoms with Crippen molar-refractivity contribution in [2.75, 3.05) is 18.8 Å². The number of anilines is 1. The number of hydrogen-bond acceptors (Lipinski definition) is 8. The molecular formula is C22H30N9O2+. The van der Waals surface area contributed by atoms with Crippen LogP contribution in [0.25, 0.3) is 11.9 Å². The van der Waals surface area contributed by atoms with Crippen LogP contribution in [0.3, 0.4) is 0 Å². The molecule has 0 aliphatic carbocycles. The Morgan fingerprint density at radius 2 is 1.94 bits per heavy atom. The van der Waals surface area contributed by atoms with E-state index in [1.165, 1.54) is 9.58 Å². The maximum absolute atomic E-state index is 12.9. The molecular weight excluding hydrogens is 422 g/mol. The molecule has 11 nitrogen and oxygen atoms in total. The standard InChI is InChI=1S/C22H29N9O2/c1-4-11-30(12-5-2)15-18-19(25-29-31(18)21-20(23)27-33-28-21)22(32)26-24-14-16(3)13-17-9-7-6-8-10-17/h6-10,13-14H,4-5,11-12,15H2,1-3H3,(H2,23,27)(H,26,32)/p+1. The highest BCUT2D eigenvalue weighted by Gasteiger charge is 2.26. The first-order valence-electron chi connectivity index (χ1n) is 11.0. The third-order valence-electron chi connectivity index (χ3n) is 4.93. The molecule has 0 saturated heterocycles. The Bertz CT molecular complexity index is 1100. The third-order valence-corrected chi connectivity index (χ3v) is 4.93. The summed E-state index contributed by atoms with van der Waals surface area (Å²) in [5, 5.41) is 19.7. The van der Waals surface area contributed by atoms with Gasteiger partial charge in [-0.05, 0) is 41.2 Å². The van der Waals surface area contributed by atoms with Gasteiger partial charge in [-0.25, -0.2) is 10.1 Å². The van der Waals surface area contributed by atoms with Crippen LogP contribution in [0.5, 0.6) is 0 Å². The number of hydrazone groups is 1. The number of nitrogen functional groups attached to an aromatic ring is 1. The summed E-state index contributed by atoms with van der Waals surface area (Å²) < 4.78 is 6.13. The van der Waals surface area contributed by atoms with Gasteiger partial charge in [-0.15, -0.1) is 5.10 Å².